The summed E-state index contributed by atoms with van der Waals surface area (Å²) in [4.78, 5) is 4.49. The van der Waals surface area contributed by atoms with E-state index in [9.17, 15) is 0 Å². The molecule has 0 spiro atoms. The zero-order valence-electron chi connectivity index (χ0n) is 15.8. The predicted octanol–water partition coefficient (Wildman–Crippen LogP) is 5.04. The number of rotatable bonds is 10. The second-order valence-corrected chi connectivity index (χ2v) is 6.72. The van der Waals surface area contributed by atoms with Crippen molar-refractivity contribution >= 4 is 33.6 Å². The zero-order valence-corrected chi connectivity index (χ0v) is 17.6. The molecule has 1 aromatic carbocycles. The summed E-state index contributed by atoms with van der Waals surface area (Å²) in [6, 6.07) is 8.67. The van der Waals surface area contributed by atoms with E-state index in [1.807, 2.05) is 24.4 Å². The van der Waals surface area contributed by atoms with Gasteiger partial charge in [0.25, 0.3) is 0 Å². The molecule has 2 N–H and O–H groups in total. The van der Waals surface area contributed by atoms with Crippen molar-refractivity contribution in [2.24, 2.45) is 5.92 Å². The Hall–Kier alpha value is -1.33. The van der Waals surface area contributed by atoms with E-state index < -0.39 is 0 Å². The molecule has 0 radical (unpaired) electrons. The van der Waals surface area contributed by atoms with Crippen LogP contribution in [0, 0.1) is 5.92 Å². The van der Waals surface area contributed by atoms with Gasteiger partial charge in [0.2, 0.25) is 0 Å². The van der Waals surface area contributed by atoms with Crippen LogP contribution in [0.25, 0.3) is 10.9 Å². The first-order valence-corrected chi connectivity index (χ1v) is 9.02. The van der Waals surface area contributed by atoms with Gasteiger partial charge in [0.1, 0.15) is 5.75 Å². The van der Waals surface area contributed by atoms with Gasteiger partial charge in [-0.05, 0) is 44.4 Å². The van der Waals surface area contributed by atoms with Gasteiger partial charge in [-0.2, -0.15) is 0 Å². The Balaban J connectivity index is 0.00000312. The highest BCUT2D eigenvalue weighted by molar-refractivity contribution is 8.93. The summed E-state index contributed by atoms with van der Waals surface area (Å²) in [7, 11) is 1.70. The van der Waals surface area contributed by atoms with Crippen LogP contribution in [-0.4, -0.2) is 31.2 Å². The largest absolute Gasteiger partial charge is 0.497 e. The number of benzene rings is 1. The third kappa shape index (κ3) is 6.83. The molecule has 1 unspecified atom stereocenters. The molecular weight excluding hydrogens is 378 g/mol. The number of methoxy groups -OCH3 is 1. The van der Waals surface area contributed by atoms with Gasteiger partial charge in [-0.1, -0.05) is 26.3 Å². The van der Waals surface area contributed by atoms with E-state index in [-0.39, 0.29) is 17.0 Å². The smallest absolute Gasteiger partial charge is 0.121 e. The topological polar surface area (TPSA) is 46.2 Å². The molecule has 1 atom stereocenters. The Morgan fingerprint density at radius 2 is 1.84 bits per heavy atom. The number of unbranched alkanes of at least 4 members (excludes halogenated alkanes) is 2. The molecule has 0 saturated heterocycles. The first-order valence-electron chi connectivity index (χ1n) is 9.02. The van der Waals surface area contributed by atoms with E-state index in [2.05, 4.69) is 42.5 Å². The summed E-state index contributed by atoms with van der Waals surface area (Å²) >= 11 is 0. The average Bonchev–Trinajstić information content (AvgIpc) is 2.60. The lowest BCUT2D eigenvalue weighted by Crippen LogP contribution is -2.31. The second-order valence-electron chi connectivity index (χ2n) is 6.72. The van der Waals surface area contributed by atoms with Gasteiger partial charge in [-0.3, -0.25) is 4.98 Å². The van der Waals surface area contributed by atoms with Gasteiger partial charge in [-0.15, -0.1) is 17.0 Å². The van der Waals surface area contributed by atoms with Gasteiger partial charge >= 0.3 is 0 Å². The highest BCUT2D eigenvalue weighted by atomic mass is 79.9. The lowest BCUT2D eigenvalue weighted by molar-refractivity contribution is 0.415. The lowest BCUT2D eigenvalue weighted by Gasteiger charge is -2.17. The van der Waals surface area contributed by atoms with Crippen LogP contribution in [0.5, 0.6) is 5.75 Å². The number of hydrogen-bond acceptors (Lipinski definition) is 4. The summed E-state index contributed by atoms with van der Waals surface area (Å²) in [5.41, 5.74) is 2.06. The van der Waals surface area contributed by atoms with Gasteiger partial charge < -0.3 is 15.4 Å². The molecule has 0 aliphatic heterocycles. The number of hydrogen-bond donors (Lipinski definition) is 2. The lowest BCUT2D eigenvalue weighted by atomic mass is 10.1. The molecule has 2 rings (SSSR count). The maximum Gasteiger partial charge on any atom is 0.121 e. The van der Waals surface area contributed by atoms with Crippen molar-refractivity contribution in [3.8, 4) is 5.75 Å². The van der Waals surface area contributed by atoms with E-state index in [0.717, 1.165) is 41.9 Å². The minimum Gasteiger partial charge on any atom is -0.497 e. The summed E-state index contributed by atoms with van der Waals surface area (Å²) < 4.78 is 5.39. The van der Waals surface area contributed by atoms with Crippen molar-refractivity contribution in [2.75, 3.05) is 25.5 Å². The van der Waals surface area contributed by atoms with E-state index in [1.54, 1.807) is 7.11 Å². The number of halogens is 1. The normalized spacial score (nSPS) is 12.0. The standard InChI is InChI=1S/C20H31N3O.BrH/c1-15(2)16(3)21-10-6-5-7-11-22-19-14-18(24-4)13-17-9-8-12-23-20(17)19;/h8-9,12-16,21-22H,5-7,10-11H2,1-4H3;1H. The minimum absolute atomic E-state index is 0. The van der Waals surface area contributed by atoms with Crippen LogP contribution in [0.1, 0.15) is 40.0 Å². The van der Waals surface area contributed by atoms with Gasteiger partial charge in [-0.25, -0.2) is 0 Å². The third-order valence-corrected chi connectivity index (χ3v) is 4.55. The number of nitrogens with zero attached hydrogens (tertiary/aromatic N) is 1. The van der Waals surface area contributed by atoms with Crippen molar-refractivity contribution in [1.82, 2.24) is 10.3 Å². The van der Waals surface area contributed by atoms with Crippen LogP contribution in [0.15, 0.2) is 30.5 Å². The van der Waals surface area contributed by atoms with Crippen molar-refractivity contribution in [3.05, 3.63) is 30.5 Å². The monoisotopic (exact) mass is 409 g/mol. The molecule has 0 fully saturated rings. The van der Waals surface area contributed by atoms with E-state index >= 15 is 0 Å². The molecular formula is C20H32BrN3O. The predicted molar refractivity (Wildman–Crippen MR) is 113 cm³/mol. The number of ether oxygens (including phenoxy) is 1. The summed E-state index contributed by atoms with van der Waals surface area (Å²) in [6.45, 7) is 8.83. The van der Waals surface area contributed by atoms with E-state index in [0.29, 0.717) is 12.0 Å². The molecule has 0 bridgehead atoms. The van der Waals surface area contributed by atoms with Crippen LogP contribution in [0.2, 0.25) is 0 Å². The van der Waals surface area contributed by atoms with Crippen molar-refractivity contribution in [2.45, 2.75) is 46.1 Å². The van der Waals surface area contributed by atoms with Crippen molar-refractivity contribution in [1.29, 1.82) is 0 Å². The molecule has 0 aliphatic rings. The van der Waals surface area contributed by atoms with Gasteiger partial charge in [0.15, 0.2) is 0 Å². The minimum atomic E-state index is 0. The molecule has 0 aliphatic carbocycles. The molecule has 140 valence electrons. The fourth-order valence-corrected chi connectivity index (χ4v) is 2.63. The molecule has 1 heterocycles. The zero-order chi connectivity index (χ0) is 17.4. The van der Waals surface area contributed by atoms with Gasteiger partial charge in [0.05, 0.1) is 18.3 Å². The van der Waals surface area contributed by atoms with Crippen LogP contribution < -0.4 is 15.4 Å². The summed E-state index contributed by atoms with van der Waals surface area (Å²) in [5, 5.41) is 8.20. The van der Waals surface area contributed by atoms with E-state index in [4.69, 9.17) is 4.74 Å². The third-order valence-electron chi connectivity index (χ3n) is 4.55. The Bertz CT molecular complexity index is 633. The Morgan fingerprint density at radius 3 is 2.56 bits per heavy atom. The maximum absolute atomic E-state index is 5.39. The molecule has 4 nitrogen and oxygen atoms in total. The first kappa shape index (κ1) is 21.7. The number of fused-ring (bicyclic) bond motifs is 1. The summed E-state index contributed by atoms with van der Waals surface area (Å²) in [5.74, 6) is 1.56. The average molecular weight is 410 g/mol. The van der Waals surface area contributed by atoms with Crippen LogP contribution in [0.3, 0.4) is 0 Å². The Morgan fingerprint density at radius 1 is 1.08 bits per heavy atom. The fourth-order valence-electron chi connectivity index (χ4n) is 2.63. The molecule has 2 aromatic rings. The molecule has 5 heteroatoms. The van der Waals surface area contributed by atoms with Crippen LogP contribution in [-0.2, 0) is 0 Å². The van der Waals surface area contributed by atoms with Gasteiger partial charge in [0, 0.05) is 30.2 Å². The maximum atomic E-state index is 5.39. The highest BCUT2D eigenvalue weighted by Crippen LogP contribution is 2.27. The fraction of sp³-hybridized carbons (Fsp3) is 0.550. The summed E-state index contributed by atoms with van der Waals surface area (Å²) in [6.07, 6.45) is 5.43. The highest BCUT2D eigenvalue weighted by Gasteiger charge is 2.06. The molecule has 0 saturated carbocycles. The number of pyridine rings is 1. The molecule has 0 amide bonds. The van der Waals surface area contributed by atoms with E-state index in [1.165, 1.54) is 12.8 Å². The van der Waals surface area contributed by atoms with Crippen molar-refractivity contribution in [3.63, 3.8) is 0 Å². The first-order chi connectivity index (χ1) is 11.6. The Kier molecular flexibility index (Phi) is 9.83. The number of anilines is 1. The van der Waals surface area contributed by atoms with Crippen LogP contribution >= 0.6 is 17.0 Å². The van der Waals surface area contributed by atoms with Crippen LogP contribution in [0.4, 0.5) is 5.69 Å². The molecule has 1 aromatic heterocycles. The quantitative estimate of drug-likeness (QED) is 0.539. The number of aromatic nitrogens is 1. The molecule has 25 heavy (non-hydrogen) atoms. The SMILES string of the molecule is Br.COc1cc(NCCCCCNC(C)C(C)C)c2ncccc2c1. The second kappa shape index (κ2) is 11.3. The Labute approximate surface area is 162 Å². The number of nitrogens with one attached hydrogen (secondary N) is 2. The van der Waals surface area contributed by atoms with Crippen molar-refractivity contribution < 1.29 is 4.74 Å².